The molecule has 0 amide bonds. The van der Waals surface area contributed by atoms with Crippen LogP contribution in [0.4, 0.5) is 0 Å². The van der Waals surface area contributed by atoms with Gasteiger partial charge in [0.2, 0.25) is 0 Å². The third-order valence-corrected chi connectivity index (χ3v) is 2.01. The van der Waals surface area contributed by atoms with Crippen LogP contribution in [-0.2, 0) is 9.53 Å². The maximum absolute atomic E-state index is 11.4. The van der Waals surface area contributed by atoms with Crippen molar-refractivity contribution in [2.24, 2.45) is 0 Å². The zero-order chi connectivity index (χ0) is 11.8. The normalized spacial score (nSPS) is 11.8. The first kappa shape index (κ1) is 12.2. The second kappa shape index (κ2) is 6.62. The third kappa shape index (κ3) is 3.73. The zero-order valence-electron chi connectivity index (χ0n) is 9.64. The van der Waals surface area contributed by atoms with Crippen molar-refractivity contribution in [1.82, 2.24) is 0 Å². The fourth-order valence-corrected chi connectivity index (χ4v) is 1.35. The summed E-state index contributed by atoms with van der Waals surface area (Å²) in [5, 5.41) is 0. The molecule has 0 saturated carbocycles. The van der Waals surface area contributed by atoms with Crippen molar-refractivity contribution in [2.45, 2.75) is 13.8 Å². The number of hydrogen-bond donors (Lipinski definition) is 0. The molecule has 16 heavy (non-hydrogen) atoms. The summed E-state index contributed by atoms with van der Waals surface area (Å²) in [6.45, 7) is 4.11. The number of carbonyl (C=O) groups excluding carboxylic acids is 1. The highest BCUT2D eigenvalue weighted by Crippen LogP contribution is 2.15. The Labute approximate surface area is 96.2 Å². The lowest BCUT2D eigenvalue weighted by molar-refractivity contribution is -0.137. The number of benzene rings is 1. The second-order valence-electron chi connectivity index (χ2n) is 3.22. The highest BCUT2D eigenvalue weighted by molar-refractivity contribution is 5.94. The number of allylic oxidation sites excluding steroid dienone is 3. The molecule has 84 valence electrons. The molecule has 0 bridgehead atoms. The predicted molar refractivity (Wildman–Crippen MR) is 65.9 cm³/mol. The topological polar surface area (TPSA) is 26.3 Å². The molecule has 0 atom stereocenters. The van der Waals surface area contributed by atoms with Crippen molar-refractivity contribution < 1.29 is 9.53 Å². The van der Waals surface area contributed by atoms with Gasteiger partial charge in [0, 0.05) is 6.08 Å². The molecule has 0 aliphatic rings. The molecule has 0 heterocycles. The Kier molecular flexibility index (Phi) is 5.06. The minimum atomic E-state index is -0.306. The van der Waals surface area contributed by atoms with E-state index in [1.165, 1.54) is 6.08 Å². The average Bonchev–Trinajstić information content (AvgIpc) is 2.30. The van der Waals surface area contributed by atoms with Crippen LogP contribution in [0, 0.1) is 0 Å². The van der Waals surface area contributed by atoms with Crippen molar-refractivity contribution in [1.29, 1.82) is 0 Å². The van der Waals surface area contributed by atoms with Gasteiger partial charge in [0.1, 0.15) is 0 Å². The van der Waals surface area contributed by atoms with E-state index in [-0.39, 0.29) is 5.97 Å². The SMILES string of the molecule is C/C=C/C(=C\C(=O)OCC)c1ccccc1. The molecule has 2 nitrogen and oxygen atoms in total. The van der Waals surface area contributed by atoms with Crippen molar-refractivity contribution >= 4 is 11.5 Å². The lowest BCUT2D eigenvalue weighted by Crippen LogP contribution is -2.00. The Morgan fingerprint density at radius 1 is 1.31 bits per heavy atom. The van der Waals surface area contributed by atoms with Crippen LogP contribution in [0.3, 0.4) is 0 Å². The van der Waals surface area contributed by atoms with Crippen LogP contribution in [0.5, 0.6) is 0 Å². The standard InChI is InChI=1S/C14H16O2/c1-3-8-13(11-14(15)16-4-2)12-9-6-5-7-10-12/h3,5-11H,4H2,1-2H3/b8-3+,13-11+. The lowest BCUT2D eigenvalue weighted by Gasteiger charge is -2.02. The van der Waals surface area contributed by atoms with Crippen LogP contribution in [0.1, 0.15) is 19.4 Å². The molecule has 0 saturated heterocycles. The van der Waals surface area contributed by atoms with Crippen LogP contribution in [0.15, 0.2) is 48.6 Å². The molecule has 0 N–H and O–H groups in total. The first-order valence-electron chi connectivity index (χ1n) is 5.34. The molecular formula is C14H16O2. The molecule has 0 aliphatic heterocycles. The Morgan fingerprint density at radius 3 is 2.56 bits per heavy atom. The summed E-state index contributed by atoms with van der Waals surface area (Å²) in [6, 6.07) is 9.76. The van der Waals surface area contributed by atoms with E-state index in [1.807, 2.05) is 49.4 Å². The first-order chi connectivity index (χ1) is 7.77. The van der Waals surface area contributed by atoms with Gasteiger partial charge in [-0.15, -0.1) is 0 Å². The summed E-state index contributed by atoms with van der Waals surface area (Å²) >= 11 is 0. The van der Waals surface area contributed by atoms with Gasteiger partial charge >= 0.3 is 5.97 Å². The van der Waals surface area contributed by atoms with E-state index >= 15 is 0 Å². The van der Waals surface area contributed by atoms with Gasteiger partial charge in [0.15, 0.2) is 0 Å². The number of carbonyl (C=O) groups is 1. The van der Waals surface area contributed by atoms with E-state index in [0.29, 0.717) is 6.61 Å². The largest absolute Gasteiger partial charge is 0.463 e. The first-order valence-corrected chi connectivity index (χ1v) is 5.34. The second-order valence-corrected chi connectivity index (χ2v) is 3.22. The summed E-state index contributed by atoms with van der Waals surface area (Å²) < 4.78 is 4.89. The van der Waals surface area contributed by atoms with Gasteiger partial charge in [-0.1, -0.05) is 42.5 Å². The van der Waals surface area contributed by atoms with Gasteiger partial charge in [-0.25, -0.2) is 4.79 Å². The van der Waals surface area contributed by atoms with Crippen molar-refractivity contribution in [3.8, 4) is 0 Å². The number of hydrogen-bond acceptors (Lipinski definition) is 2. The summed E-state index contributed by atoms with van der Waals surface area (Å²) in [4.78, 5) is 11.4. The molecule has 0 radical (unpaired) electrons. The maximum Gasteiger partial charge on any atom is 0.331 e. The van der Waals surface area contributed by atoms with Crippen molar-refractivity contribution in [3.63, 3.8) is 0 Å². The average molecular weight is 216 g/mol. The van der Waals surface area contributed by atoms with Crippen LogP contribution < -0.4 is 0 Å². The van der Waals surface area contributed by atoms with Crippen LogP contribution in [0.25, 0.3) is 5.57 Å². The molecule has 1 aromatic rings. The van der Waals surface area contributed by atoms with Crippen molar-refractivity contribution in [3.05, 3.63) is 54.1 Å². The number of esters is 1. The van der Waals surface area contributed by atoms with E-state index in [0.717, 1.165) is 11.1 Å². The Bertz CT molecular complexity index is 388. The van der Waals surface area contributed by atoms with E-state index in [9.17, 15) is 4.79 Å². The fraction of sp³-hybridized carbons (Fsp3) is 0.214. The smallest absolute Gasteiger partial charge is 0.331 e. The highest BCUT2D eigenvalue weighted by Gasteiger charge is 2.01. The molecule has 1 rings (SSSR count). The van der Waals surface area contributed by atoms with E-state index in [2.05, 4.69) is 0 Å². The Morgan fingerprint density at radius 2 is 2.00 bits per heavy atom. The van der Waals surface area contributed by atoms with E-state index < -0.39 is 0 Å². The summed E-state index contributed by atoms with van der Waals surface area (Å²) in [7, 11) is 0. The van der Waals surface area contributed by atoms with Crippen molar-refractivity contribution in [2.75, 3.05) is 6.61 Å². The highest BCUT2D eigenvalue weighted by atomic mass is 16.5. The third-order valence-electron chi connectivity index (χ3n) is 2.01. The quantitative estimate of drug-likeness (QED) is 0.439. The van der Waals surface area contributed by atoms with Gasteiger partial charge in [0.05, 0.1) is 6.61 Å². The molecule has 0 aliphatic carbocycles. The zero-order valence-corrected chi connectivity index (χ0v) is 9.64. The van der Waals surface area contributed by atoms with Gasteiger partial charge in [0.25, 0.3) is 0 Å². The van der Waals surface area contributed by atoms with Gasteiger partial charge in [-0.2, -0.15) is 0 Å². The molecule has 0 unspecified atom stereocenters. The number of rotatable bonds is 4. The summed E-state index contributed by atoms with van der Waals surface area (Å²) in [5.74, 6) is -0.306. The van der Waals surface area contributed by atoms with Gasteiger partial charge in [-0.3, -0.25) is 0 Å². The van der Waals surface area contributed by atoms with Crippen LogP contribution >= 0.6 is 0 Å². The minimum Gasteiger partial charge on any atom is -0.463 e. The maximum atomic E-state index is 11.4. The monoisotopic (exact) mass is 216 g/mol. The Balaban J connectivity index is 2.96. The van der Waals surface area contributed by atoms with Crippen LogP contribution in [-0.4, -0.2) is 12.6 Å². The summed E-state index contributed by atoms with van der Waals surface area (Å²) in [5.41, 5.74) is 1.87. The van der Waals surface area contributed by atoms with Crippen LogP contribution in [0.2, 0.25) is 0 Å². The molecule has 0 fully saturated rings. The minimum absolute atomic E-state index is 0.306. The lowest BCUT2D eigenvalue weighted by atomic mass is 10.1. The molecule has 0 aromatic heterocycles. The van der Waals surface area contributed by atoms with E-state index in [1.54, 1.807) is 6.92 Å². The molecule has 2 heteroatoms. The van der Waals surface area contributed by atoms with E-state index in [4.69, 9.17) is 4.74 Å². The fourth-order valence-electron chi connectivity index (χ4n) is 1.35. The van der Waals surface area contributed by atoms with Gasteiger partial charge < -0.3 is 4.74 Å². The molecule has 0 spiro atoms. The summed E-state index contributed by atoms with van der Waals surface area (Å²) in [6.07, 6.45) is 5.31. The predicted octanol–water partition coefficient (Wildman–Crippen LogP) is 3.21. The molecule has 1 aromatic carbocycles. The number of ether oxygens (including phenoxy) is 1. The van der Waals surface area contributed by atoms with Gasteiger partial charge in [-0.05, 0) is 25.0 Å². The Hall–Kier alpha value is -1.83. The molecular weight excluding hydrogens is 200 g/mol.